The molecule has 0 aliphatic carbocycles. The largest absolute Gasteiger partial charge is 0.493 e. The molecule has 138 valence electrons. The van der Waals surface area contributed by atoms with Gasteiger partial charge in [-0.2, -0.15) is 9.61 Å². The molecule has 3 heterocycles. The van der Waals surface area contributed by atoms with Crippen LogP contribution >= 0.6 is 22.7 Å². The fourth-order valence-corrected chi connectivity index (χ4v) is 5.09. The Morgan fingerprint density at radius 2 is 1.82 bits per heavy atom. The van der Waals surface area contributed by atoms with E-state index in [-0.39, 0.29) is 5.56 Å². The molecule has 2 aromatic carbocycles. The summed E-state index contributed by atoms with van der Waals surface area (Å²) < 4.78 is 7.10. The highest BCUT2D eigenvalue weighted by molar-refractivity contribution is 7.22. The molecule has 0 aliphatic heterocycles. The fraction of sp³-hybridized carbons (Fsp3) is 0.0952. The monoisotopic (exact) mass is 405 g/mol. The van der Waals surface area contributed by atoms with Crippen LogP contribution in [0.4, 0.5) is 0 Å². The zero-order valence-electron chi connectivity index (χ0n) is 15.0. The van der Waals surface area contributed by atoms with Gasteiger partial charge in [0.05, 0.1) is 17.6 Å². The van der Waals surface area contributed by atoms with Crippen molar-refractivity contribution in [2.24, 2.45) is 0 Å². The maximum Gasteiger partial charge on any atom is 0.283 e. The Morgan fingerprint density at radius 3 is 2.64 bits per heavy atom. The standard InChI is InChI=1S/C21H15N3O2S2/c1-2-26-16-11-7-6-10-14(16)19-23-24-20(25)15-12-17(13-8-4-3-5-9-13)27-18(15)22-21(24)28-19/h3-12H,2H2,1H3. The van der Waals surface area contributed by atoms with Gasteiger partial charge in [0.25, 0.3) is 5.56 Å². The molecule has 5 rings (SSSR count). The van der Waals surface area contributed by atoms with E-state index < -0.39 is 0 Å². The van der Waals surface area contributed by atoms with Gasteiger partial charge < -0.3 is 4.74 Å². The summed E-state index contributed by atoms with van der Waals surface area (Å²) in [6.07, 6.45) is 0. The van der Waals surface area contributed by atoms with Crippen molar-refractivity contribution in [3.05, 3.63) is 71.0 Å². The first kappa shape index (κ1) is 17.1. The Hall–Kier alpha value is -3.03. The number of rotatable bonds is 4. The lowest BCUT2D eigenvalue weighted by Crippen LogP contribution is -2.14. The zero-order chi connectivity index (χ0) is 19.1. The first-order chi connectivity index (χ1) is 13.7. The molecule has 3 aromatic heterocycles. The van der Waals surface area contributed by atoms with Crippen LogP contribution < -0.4 is 10.3 Å². The summed E-state index contributed by atoms with van der Waals surface area (Å²) in [7, 11) is 0. The van der Waals surface area contributed by atoms with Crippen LogP contribution in [0.25, 0.3) is 36.2 Å². The number of para-hydroxylation sites is 1. The number of aromatic nitrogens is 3. The number of hydrogen-bond acceptors (Lipinski definition) is 6. The van der Waals surface area contributed by atoms with Crippen molar-refractivity contribution in [1.29, 1.82) is 0 Å². The molecule has 0 saturated carbocycles. The van der Waals surface area contributed by atoms with E-state index in [9.17, 15) is 4.79 Å². The van der Waals surface area contributed by atoms with Gasteiger partial charge in [-0.15, -0.1) is 11.3 Å². The molecule has 0 atom stereocenters. The lowest BCUT2D eigenvalue weighted by atomic mass is 10.2. The van der Waals surface area contributed by atoms with E-state index in [1.807, 2.05) is 67.6 Å². The van der Waals surface area contributed by atoms with Crippen LogP contribution in [0.5, 0.6) is 5.75 Å². The maximum absolute atomic E-state index is 13.0. The van der Waals surface area contributed by atoms with Gasteiger partial charge >= 0.3 is 0 Å². The molecular formula is C21H15N3O2S2. The molecule has 0 saturated heterocycles. The molecule has 0 fully saturated rings. The van der Waals surface area contributed by atoms with Crippen LogP contribution in [0.2, 0.25) is 0 Å². The normalized spacial score (nSPS) is 11.3. The van der Waals surface area contributed by atoms with Gasteiger partial charge in [0.1, 0.15) is 10.6 Å². The summed E-state index contributed by atoms with van der Waals surface area (Å²) >= 11 is 2.92. The highest BCUT2D eigenvalue weighted by atomic mass is 32.1. The van der Waals surface area contributed by atoms with E-state index >= 15 is 0 Å². The summed E-state index contributed by atoms with van der Waals surface area (Å²) in [5, 5.41) is 5.85. The first-order valence-corrected chi connectivity index (χ1v) is 10.5. The quantitative estimate of drug-likeness (QED) is 0.417. The molecule has 7 heteroatoms. The SMILES string of the molecule is CCOc1ccccc1-c1nn2c(=O)c3cc(-c4ccccc4)sc3nc2s1. The molecule has 0 unspecified atom stereocenters. The summed E-state index contributed by atoms with van der Waals surface area (Å²) in [6.45, 7) is 2.51. The molecule has 0 amide bonds. The van der Waals surface area contributed by atoms with E-state index in [0.717, 1.165) is 31.6 Å². The van der Waals surface area contributed by atoms with E-state index in [2.05, 4.69) is 5.10 Å². The lowest BCUT2D eigenvalue weighted by molar-refractivity contribution is 0.341. The third-order valence-electron chi connectivity index (χ3n) is 4.37. The van der Waals surface area contributed by atoms with Gasteiger partial charge in [0.2, 0.25) is 4.96 Å². The molecule has 0 radical (unpaired) electrons. The van der Waals surface area contributed by atoms with Crippen molar-refractivity contribution in [3.8, 4) is 26.8 Å². The predicted octanol–water partition coefficient (Wildman–Crippen LogP) is 5.10. The minimum absolute atomic E-state index is 0.144. The van der Waals surface area contributed by atoms with Crippen molar-refractivity contribution >= 4 is 37.9 Å². The van der Waals surface area contributed by atoms with Crippen LogP contribution in [0.15, 0.2) is 65.5 Å². The first-order valence-electron chi connectivity index (χ1n) is 8.85. The second kappa shape index (κ2) is 6.85. The molecule has 0 N–H and O–H groups in total. The maximum atomic E-state index is 13.0. The lowest BCUT2D eigenvalue weighted by Gasteiger charge is -2.06. The van der Waals surface area contributed by atoms with Crippen LogP contribution in [-0.2, 0) is 0 Å². The van der Waals surface area contributed by atoms with Crippen molar-refractivity contribution in [2.45, 2.75) is 6.92 Å². The average Bonchev–Trinajstić information content (AvgIpc) is 3.34. The van der Waals surface area contributed by atoms with Gasteiger partial charge in [-0.3, -0.25) is 4.79 Å². The Morgan fingerprint density at radius 1 is 1.04 bits per heavy atom. The molecule has 0 aliphatic rings. The Kier molecular flexibility index (Phi) is 4.18. The predicted molar refractivity (Wildman–Crippen MR) is 115 cm³/mol. The summed E-state index contributed by atoms with van der Waals surface area (Å²) in [5.74, 6) is 0.755. The van der Waals surface area contributed by atoms with Crippen LogP contribution in [-0.4, -0.2) is 21.2 Å². The van der Waals surface area contributed by atoms with Crippen LogP contribution in [0.3, 0.4) is 0 Å². The van der Waals surface area contributed by atoms with Crippen molar-refractivity contribution in [1.82, 2.24) is 14.6 Å². The van der Waals surface area contributed by atoms with Crippen molar-refractivity contribution in [2.75, 3.05) is 6.61 Å². The van der Waals surface area contributed by atoms with E-state index in [1.54, 1.807) is 0 Å². The zero-order valence-corrected chi connectivity index (χ0v) is 16.6. The molecule has 0 bridgehead atoms. The molecule has 0 spiro atoms. The van der Waals surface area contributed by atoms with E-state index in [1.165, 1.54) is 27.2 Å². The summed E-state index contributed by atoms with van der Waals surface area (Å²) in [6, 6.07) is 19.6. The number of ether oxygens (including phenoxy) is 1. The highest BCUT2D eigenvalue weighted by Gasteiger charge is 2.17. The van der Waals surface area contributed by atoms with Gasteiger partial charge in [0.15, 0.2) is 5.01 Å². The molecular weight excluding hydrogens is 390 g/mol. The summed E-state index contributed by atoms with van der Waals surface area (Å²) in [4.78, 5) is 20.1. The Balaban J connectivity index is 1.68. The fourth-order valence-electron chi connectivity index (χ4n) is 3.08. The van der Waals surface area contributed by atoms with Gasteiger partial charge in [-0.1, -0.05) is 53.8 Å². The Labute approximate surface area is 168 Å². The number of hydrogen-bond donors (Lipinski definition) is 0. The number of fused-ring (bicyclic) bond motifs is 2. The Bertz CT molecular complexity index is 1350. The minimum atomic E-state index is -0.144. The molecule has 5 nitrogen and oxygen atoms in total. The molecule has 28 heavy (non-hydrogen) atoms. The summed E-state index contributed by atoms with van der Waals surface area (Å²) in [5.41, 5.74) is 1.81. The van der Waals surface area contributed by atoms with Crippen LogP contribution in [0.1, 0.15) is 6.92 Å². The van der Waals surface area contributed by atoms with E-state index in [4.69, 9.17) is 9.72 Å². The third-order valence-corrected chi connectivity index (χ3v) is 6.39. The smallest absolute Gasteiger partial charge is 0.283 e. The topological polar surface area (TPSA) is 56.5 Å². The molecule has 5 aromatic rings. The minimum Gasteiger partial charge on any atom is -0.493 e. The average molecular weight is 406 g/mol. The van der Waals surface area contributed by atoms with Crippen LogP contribution in [0, 0.1) is 0 Å². The third kappa shape index (κ3) is 2.80. The van der Waals surface area contributed by atoms with Gasteiger partial charge in [0, 0.05) is 4.88 Å². The number of thiophene rings is 1. The second-order valence-corrected chi connectivity index (χ2v) is 8.13. The second-order valence-electron chi connectivity index (χ2n) is 6.14. The number of nitrogens with zero attached hydrogens (tertiary/aromatic N) is 3. The van der Waals surface area contributed by atoms with Gasteiger partial charge in [-0.25, -0.2) is 4.98 Å². The highest BCUT2D eigenvalue weighted by Crippen LogP contribution is 2.35. The van der Waals surface area contributed by atoms with Crippen molar-refractivity contribution < 1.29 is 4.74 Å². The van der Waals surface area contributed by atoms with E-state index in [0.29, 0.717) is 17.0 Å². The van der Waals surface area contributed by atoms with Gasteiger partial charge in [-0.05, 0) is 30.7 Å². The van der Waals surface area contributed by atoms with Crippen molar-refractivity contribution in [3.63, 3.8) is 0 Å². The number of benzene rings is 2.